The Kier molecular flexibility index (Phi) is 3.85. The monoisotopic (exact) mass is 260 g/mol. The molecule has 5 heteroatoms. The Morgan fingerprint density at radius 1 is 1.47 bits per heavy atom. The third-order valence-corrected chi connectivity index (χ3v) is 2.83. The summed E-state index contributed by atoms with van der Waals surface area (Å²) in [6, 6.07) is 4.86. The van der Waals surface area contributed by atoms with Crippen molar-refractivity contribution in [3.63, 3.8) is 0 Å². The molecule has 2 aromatic rings. The summed E-state index contributed by atoms with van der Waals surface area (Å²) in [4.78, 5) is 10.8. The number of nitrogens with zero attached hydrogens (tertiary/aromatic N) is 2. The number of hydrogen-bond acceptors (Lipinski definition) is 3. The Morgan fingerprint density at radius 2 is 2.26 bits per heavy atom. The van der Waals surface area contributed by atoms with E-state index in [0.29, 0.717) is 12.4 Å². The fourth-order valence-corrected chi connectivity index (χ4v) is 1.82. The van der Waals surface area contributed by atoms with Gasteiger partial charge >= 0.3 is 5.97 Å². The van der Waals surface area contributed by atoms with Gasteiger partial charge in [0.25, 0.3) is 0 Å². The van der Waals surface area contributed by atoms with E-state index >= 15 is 0 Å². The molecule has 0 saturated heterocycles. The lowest BCUT2D eigenvalue weighted by atomic mass is 10.1. The van der Waals surface area contributed by atoms with Crippen LogP contribution in [0.2, 0.25) is 0 Å². The van der Waals surface area contributed by atoms with Crippen LogP contribution >= 0.6 is 0 Å². The number of ether oxygens (including phenoxy) is 1. The van der Waals surface area contributed by atoms with E-state index in [-0.39, 0.29) is 5.56 Å². The van der Waals surface area contributed by atoms with E-state index in [1.54, 1.807) is 22.9 Å². The van der Waals surface area contributed by atoms with E-state index < -0.39 is 5.97 Å². The van der Waals surface area contributed by atoms with Gasteiger partial charge in [0, 0.05) is 19.7 Å². The predicted molar refractivity (Wildman–Crippen MR) is 70.5 cm³/mol. The maximum absolute atomic E-state index is 10.8. The summed E-state index contributed by atoms with van der Waals surface area (Å²) in [5.74, 6) is -0.209. The molecule has 19 heavy (non-hydrogen) atoms. The van der Waals surface area contributed by atoms with E-state index in [4.69, 9.17) is 9.84 Å². The Hall–Kier alpha value is -2.30. The number of aromatic nitrogens is 2. The number of carbonyl (C=O) groups is 1. The predicted octanol–water partition coefficient (Wildman–Crippen LogP) is 2.05. The lowest BCUT2D eigenvalue weighted by molar-refractivity contribution is 0.0696. The van der Waals surface area contributed by atoms with Crippen LogP contribution in [0.4, 0.5) is 0 Å². The third-order valence-electron chi connectivity index (χ3n) is 2.83. The quantitative estimate of drug-likeness (QED) is 0.893. The molecule has 0 saturated carbocycles. The normalized spacial score (nSPS) is 10.4. The Morgan fingerprint density at radius 3 is 2.84 bits per heavy atom. The van der Waals surface area contributed by atoms with Gasteiger partial charge in [0.05, 0.1) is 18.4 Å². The van der Waals surface area contributed by atoms with Gasteiger partial charge in [0.1, 0.15) is 5.75 Å². The van der Waals surface area contributed by atoms with Crippen LogP contribution in [0.1, 0.15) is 21.5 Å². The largest absolute Gasteiger partial charge is 0.493 e. The van der Waals surface area contributed by atoms with E-state index in [1.807, 2.05) is 26.4 Å². The lowest BCUT2D eigenvalue weighted by Gasteiger charge is -2.09. The van der Waals surface area contributed by atoms with E-state index in [9.17, 15) is 4.79 Å². The second-order valence-corrected chi connectivity index (χ2v) is 4.41. The highest BCUT2D eigenvalue weighted by atomic mass is 16.5. The van der Waals surface area contributed by atoms with Crippen molar-refractivity contribution >= 4 is 5.97 Å². The zero-order valence-corrected chi connectivity index (χ0v) is 11.0. The fourth-order valence-electron chi connectivity index (χ4n) is 1.82. The number of rotatable bonds is 5. The number of carboxylic acid groups (broad SMARTS) is 1. The van der Waals surface area contributed by atoms with Crippen LogP contribution < -0.4 is 4.74 Å². The molecule has 0 aliphatic heterocycles. The van der Waals surface area contributed by atoms with Crippen molar-refractivity contribution in [3.8, 4) is 5.75 Å². The first-order valence-corrected chi connectivity index (χ1v) is 6.00. The molecule has 0 spiro atoms. The van der Waals surface area contributed by atoms with Gasteiger partial charge in [-0.05, 0) is 36.2 Å². The molecule has 1 aromatic heterocycles. The van der Waals surface area contributed by atoms with Crippen molar-refractivity contribution in [1.29, 1.82) is 0 Å². The molecule has 0 unspecified atom stereocenters. The molecule has 0 bridgehead atoms. The minimum Gasteiger partial charge on any atom is -0.493 e. The maximum Gasteiger partial charge on any atom is 0.335 e. The summed E-state index contributed by atoms with van der Waals surface area (Å²) in [6.07, 6.45) is 4.53. The van der Waals surface area contributed by atoms with Crippen LogP contribution in [-0.4, -0.2) is 27.5 Å². The molecular formula is C14H16N2O3. The average molecular weight is 260 g/mol. The van der Waals surface area contributed by atoms with E-state index in [2.05, 4.69) is 5.10 Å². The summed E-state index contributed by atoms with van der Waals surface area (Å²) in [6.45, 7) is 2.38. The minimum atomic E-state index is -0.926. The van der Waals surface area contributed by atoms with Crippen LogP contribution in [0.15, 0.2) is 30.6 Å². The van der Waals surface area contributed by atoms with Crippen LogP contribution in [0.5, 0.6) is 5.75 Å². The minimum absolute atomic E-state index is 0.275. The standard InChI is InChI=1S/C14H16N2O3/c1-10-7-12(14(17)18)3-4-13(10)19-6-5-11-8-15-16(2)9-11/h3-4,7-9H,5-6H2,1-2H3,(H,17,18). The summed E-state index contributed by atoms with van der Waals surface area (Å²) in [5, 5.41) is 13.0. The summed E-state index contributed by atoms with van der Waals surface area (Å²) in [7, 11) is 1.87. The van der Waals surface area contributed by atoms with Crippen molar-refractivity contribution in [2.24, 2.45) is 7.05 Å². The van der Waals surface area contributed by atoms with Gasteiger partial charge in [-0.15, -0.1) is 0 Å². The van der Waals surface area contributed by atoms with Gasteiger partial charge < -0.3 is 9.84 Å². The molecule has 0 aliphatic rings. The number of hydrogen-bond donors (Lipinski definition) is 1. The molecule has 1 heterocycles. The van der Waals surface area contributed by atoms with Gasteiger partial charge in [0.2, 0.25) is 0 Å². The SMILES string of the molecule is Cc1cc(C(=O)O)ccc1OCCc1cnn(C)c1. The molecule has 0 atom stereocenters. The highest BCUT2D eigenvalue weighted by molar-refractivity contribution is 5.88. The van der Waals surface area contributed by atoms with Gasteiger partial charge in [-0.25, -0.2) is 4.79 Å². The fraction of sp³-hybridized carbons (Fsp3) is 0.286. The van der Waals surface area contributed by atoms with Gasteiger partial charge in [-0.2, -0.15) is 5.10 Å². The van der Waals surface area contributed by atoms with E-state index in [0.717, 1.165) is 17.5 Å². The molecule has 5 nitrogen and oxygen atoms in total. The molecular weight excluding hydrogens is 244 g/mol. The summed E-state index contributed by atoms with van der Waals surface area (Å²) >= 11 is 0. The van der Waals surface area contributed by atoms with Crippen molar-refractivity contribution < 1.29 is 14.6 Å². The van der Waals surface area contributed by atoms with Crippen LogP contribution in [0, 0.1) is 6.92 Å². The van der Waals surface area contributed by atoms with Crippen LogP contribution in [0.25, 0.3) is 0 Å². The second kappa shape index (κ2) is 5.56. The van der Waals surface area contributed by atoms with Gasteiger partial charge in [0.15, 0.2) is 0 Å². The number of carboxylic acids is 1. The van der Waals surface area contributed by atoms with E-state index in [1.165, 1.54) is 0 Å². The van der Waals surface area contributed by atoms with Crippen molar-refractivity contribution in [2.45, 2.75) is 13.3 Å². The lowest BCUT2D eigenvalue weighted by Crippen LogP contribution is -2.03. The molecule has 1 N–H and O–H groups in total. The molecule has 0 amide bonds. The first-order valence-electron chi connectivity index (χ1n) is 6.00. The second-order valence-electron chi connectivity index (χ2n) is 4.41. The molecule has 1 aromatic carbocycles. The maximum atomic E-state index is 10.8. The molecule has 0 fully saturated rings. The Balaban J connectivity index is 1.94. The number of aryl methyl sites for hydroxylation is 2. The number of aromatic carboxylic acids is 1. The average Bonchev–Trinajstić information content (AvgIpc) is 2.77. The Labute approximate surface area is 111 Å². The topological polar surface area (TPSA) is 64.3 Å². The first-order chi connectivity index (χ1) is 9.06. The summed E-state index contributed by atoms with van der Waals surface area (Å²) < 4.78 is 7.41. The smallest absolute Gasteiger partial charge is 0.335 e. The molecule has 100 valence electrons. The molecule has 0 radical (unpaired) electrons. The Bertz CT molecular complexity index is 590. The highest BCUT2D eigenvalue weighted by Crippen LogP contribution is 2.19. The van der Waals surface area contributed by atoms with Gasteiger partial charge in [-0.1, -0.05) is 0 Å². The zero-order valence-electron chi connectivity index (χ0n) is 11.0. The van der Waals surface area contributed by atoms with Crippen LogP contribution in [0.3, 0.4) is 0 Å². The summed E-state index contributed by atoms with van der Waals surface area (Å²) in [5.41, 5.74) is 2.21. The highest BCUT2D eigenvalue weighted by Gasteiger charge is 2.06. The van der Waals surface area contributed by atoms with Crippen LogP contribution in [-0.2, 0) is 13.5 Å². The number of benzene rings is 1. The van der Waals surface area contributed by atoms with Crippen molar-refractivity contribution in [1.82, 2.24) is 9.78 Å². The van der Waals surface area contributed by atoms with Crippen molar-refractivity contribution in [2.75, 3.05) is 6.61 Å². The molecule has 2 rings (SSSR count). The van der Waals surface area contributed by atoms with Gasteiger partial charge in [-0.3, -0.25) is 4.68 Å². The third kappa shape index (κ3) is 3.34. The molecule has 0 aliphatic carbocycles. The van der Waals surface area contributed by atoms with Crippen molar-refractivity contribution in [3.05, 3.63) is 47.3 Å². The zero-order chi connectivity index (χ0) is 13.8. The first kappa shape index (κ1) is 13.1.